The maximum atomic E-state index is 14.0. The summed E-state index contributed by atoms with van der Waals surface area (Å²) in [6, 6.07) is -5.57. The number of carbonyl (C=O) groups is 6. The molecule has 1 heterocycles. The molecule has 6 N–H and O–H groups in total. The summed E-state index contributed by atoms with van der Waals surface area (Å²) in [7, 11) is 0. The Hall–Kier alpha value is -2.60. The molecule has 0 radical (unpaired) electrons. The minimum absolute atomic E-state index is 0.0290. The standard InChI is InChI=1S/C27H41Cl2N5O7/c1-25(2,3)18(32-24(41)33-19(23(39)40)26(4,5)6)22(38)34-11-13-15(27(13,28)29)16(34)21(37)31-14(17(35)20(30)36)10-12-8-7-9-12/h12-16,18-19H,7-11H2,1-6H3,(H2,30,36)(H,31,37)(H,39,40)(H2,32,33,41)/t13-,14?,15-,16-,18+,19+/m0/s1. The molecule has 3 aliphatic rings. The fourth-order valence-corrected chi connectivity index (χ4v) is 6.45. The van der Waals surface area contributed by atoms with Crippen LogP contribution in [0.15, 0.2) is 0 Å². The van der Waals surface area contributed by atoms with E-state index in [4.69, 9.17) is 28.9 Å². The van der Waals surface area contributed by atoms with E-state index >= 15 is 0 Å². The van der Waals surface area contributed by atoms with Crippen LogP contribution in [0.1, 0.15) is 67.2 Å². The molecule has 41 heavy (non-hydrogen) atoms. The van der Waals surface area contributed by atoms with Crippen LogP contribution in [0.4, 0.5) is 4.79 Å². The molecule has 2 saturated carbocycles. The summed E-state index contributed by atoms with van der Waals surface area (Å²) in [4.78, 5) is 77.8. The predicted molar refractivity (Wildman–Crippen MR) is 151 cm³/mol. The first-order valence-corrected chi connectivity index (χ1v) is 14.6. The molecule has 6 atom stereocenters. The van der Waals surface area contributed by atoms with Crippen LogP contribution in [0.25, 0.3) is 0 Å². The number of amides is 5. The van der Waals surface area contributed by atoms with E-state index in [9.17, 15) is 33.9 Å². The van der Waals surface area contributed by atoms with Gasteiger partial charge in [0.2, 0.25) is 17.6 Å². The molecule has 1 unspecified atom stereocenters. The molecule has 0 aromatic rings. The molecule has 2 aliphatic carbocycles. The summed E-state index contributed by atoms with van der Waals surface area (Å²) in [5.74, 6) is -5.50. The molecule has 1 saturated heterocycles. The number of fused-ring (bicyclic) bond motifs is 1. The van der Waals surface area contributed by atoms with E-state index in [1.165, 1.54) is 4.90 Å². The molecule has 0 aromatic heterocycles. The lowest BCUT2D eigenvalue weighted by Gasteiger charge is -2.38. The Morgan fingerprint density at radius 2 is 1.49 bits per heavy atom. The number of aliphatic carboxylic acids is 1. The number of alkyl halides is 2. The summed E-state index contributed by atoms with van der Waals surface area (Å²) in [5.41, 5.74) is 3.58. The zero-order valence-electron chi connectivity index (χ0n) is 24.3. The summed E-state index contributed by atoms with van der Waals surface area (Å²) >= 11 is 12.9. The smallest absolute Gasteiger partial charge is 0.326 e. The Balaban J connectivity index is 1.84. The van der Waals surface area contributed by atoms with Crippen molar-refractivity contribution in [3.8, 4) is 0 Å². The number of Topliss-reactive ketones (excluding diaryl/α,β-unsaturated/α-hetero) is 1. The van der Waals surface area contributed by atoms with E-state index in [1.807, 2.05) is 0 Å². The van der Waals surface area contributed by atoms with Gasteiger partial charge in [0.1, 0.15) is 22.5 Å². The number of primary amides is 1. The van der Waals surface area contributed by atoms with Gasteiger partial charge in [-0.25, -0.2) is 9.59 Å². The highest BCUT2D eigenvalue weighted by molar-refractivity contribution is 6.51. The van der Waals surface area contributed by atoms with Crippen molar-refractivity contribution in [1.82, 2.24) is 20.9 Å². The number of nitrogens with two attached hydrogens (primary N) is 1. The summed E-state index contributed by atoms with van der Waals surface area (Å²) < 4.78 is -1.26. The van der Waals surface area contributed by atoms with Crippen molar-refractivity contribution in [1.29, 1.82) is 0 Å². The summed E-state index contributed by atoms with van der Waals surface area (Å²) in [6.07, 6.45) is 2.97. The molecule has 5 amide bonds. The van der Waals surface area contributed by atoms with Gasteiger partial charge >= 0.3 is 12.0 Å². The first kappa shape index (κ1) is 32.9. The Bertz CT molecular complexity index is 1110. The largest absolute Gasteiger partial charge is 0.480 e. The third kappa shape index (κ3) is 7.07. The van der Waals surface area contributed by atoms with Gasteiger partial charge in [-0.3, -0.25) is 19.2 Å². The maximum Gasteiger partial charge on any atom is 0.326 e. The molecule has 0 spiro atoms. The van der Waals surface area contributed by atoms with E-state index in [0.29, 0.717) is 0 Å². The van der Waals surface area contributed by atoms with Crippen molar-refractivity contribution < 1.29 is 33.9 Å². The van der Waals surface area contributed by atoms with Crippen molar-refractivity contribution in [3.05, 3.63) is 0 Å². The molecule has 3 rings (SSSR count). The van der Waals surface area contributed by atoms with Crippen molar-refractivity contribution in [2.24, 2.45) is 34.3 Å². The SMILES string of the molecule is CC(C)(C)[C@H](NC(=O)N[C@H](C(=O)N1C[C@H]2[C@@H]([C@H]1C(=O)NC(CC1CCC1)C(=O)C(N)=O)C2(Cl)Cl)C(C)(C)C)C(=O)O. The van der Waals surface area contributed by atoms with Gasteiger partial charge in [0.15, 0.2) is 0 Å². The van der Waals surface area contributed by atoms with Crippen LogP contribution < -0.4 is 21.7 Å². The van der Waals surface area contributed by atoms with Gasteiger partial charge in [-0.2, -0.15) is 0 Å². The number of hydrogen-bond acceptors (Lipinski definition) is 6. The van der Waals surface area contributed by atoms with Crippen LogP contribution in [-0.2, 0) is 24.0 Å². The molecule has 1 aliphatic heterocycles. The highest BCUT2D eigenvalue weighted by atomic mass is 35.5. The molecule has 14 heteroatoms. The molecule has 12 nitrogen and oxygen atoms in total. The lowest BCUT2D eigenvalue weighted by molar-refractivity contribution is -0.144. The highest BCUT2D eigenvalue weighted by Crippen LogP contribution is 2.65. The highest BCUT2D eigenvalue weighted by Gasteiger charge is 2.74. The number of likely N-dealkylation sites (tertiary alicyclic amines) is 1. The topological polar surface area (TPSA) is 188 Å². The van der Waals surface area contributed by atoms with Gasteiger partial charge in [-0.15, -0.1) is 23.2 Å². The molecule has 0 bridgehead atoms. The van der Waals surface area contributed by atoms with Crippen molar-refractivity contribution in [2.75, 3.05) is 6.54 Å². The van der Waals surface area contributed by atoms with E-state index in [0.717, 1.165) is 19.3 Å². The number of rotatable bonds is 10. The molecular formula is C27H41Cl2N5O7. The van der Waals surface area contributed by atoms with Gasteiger partial charge in [0.25, 0.3) is 5.91 Å². The van der Waals surface area contributed by atoms with Crippen molar-refractivity contribution in [3.63, 3.8) is 0 Å². The number of nitrogens with zero attached hydrogens (tertiary/aromatic N) is 1. The number of carbonyl (C=O) groups excluding carboxylic acids is 5. The van der Waals surface area contributed by atoms with Gasteiger partial charge in [0.05, 0.1) is 6.04 Å². The zero-order chi connectivity index (χ0) is 31.2. The monoisotopic (exact) mass is 617 g/mol. The Labute approximate surface area is 249 Å². The van der Waals surface area contributed by atoms with Gasteiger partial charge in [0, 0.05) is 18.4 Å². The average molecular weight is 619 g/mol. The van der Waals surface area contributed by atoms with Crippen molar-refractivity contribution in [2.45, 2.75) is 95.7 Å². The Kier molecular flexibility index (Phi) is 9.30. The second kappa shape index (κ2) is 11.6. The number of carboxylic acid groups (broad SMARTS) is 1. The van der Waals surface area contributed by atoms with E-state index in [1.54, 1.807) is 41.5 Å². The number of hydrogen-bond donors (Lipinski definition) is 5. The van der Waals surface area contributed by atoms with Crippen LogP contribution in [0.5, 0.6) is 0 Å². The van der Waals surface area contributed by atoms with E-state index < -0.39 is 86.7 Å². The van der Waals surface area contributed by atoms with E-state index in [2.05, 4.69) is 16.0 Å². The first-order valence-electron chi connectivity index (χ1n) is 13.8. The van der Waals surface area contributed by atoms with Crippen molar-refractivity contribution >= 4 is 58.7 Å². The minimum Gasteiger partial charge on any atom is -0.480 e. The van der Waals surface area contributed by atoms with Crippen LogP contribution in [-0.4, -0.2) is 80.6 Å². The summed E-state index contributed by atoms with van der Waals surface area (Å²) in [5, 5.41) is 17.2. The third-order valence-corrected chi connectivity index (χ3v) is 9.40. The van der Waals surface area contributed by atoms with Crippen LogP contribution >= 0.6 is 23.2 Å². The van der Waals surface area contributed by atoms with Crippen LogP contribution in [0.3, 0.4) is 0 Å². The third-order valence-electron chi connectivity index (χ3n) is 8.33. The van der Waals surface area contributed by atoms with Crippen LogP contribution in [0.2, 0.25) is 0 Å². The maximum absolute atomic E-state index is 14.0. The number of piperidine rings is 1. The Morgan fingerprint density at radius 3 is 1.93 bits per heavy atom. The first-order chi connectivity index (χ1) is 18.7. The Morgan fingerprint density at radius 1 is 0.951 bits per heavy atom. The van der Waals surface area contributed by atoms with Gasteiger partial charge in [-0.1, -0.05) is 60.8 Å². The predicted octanol–water partition coefficient (Wildman–Crippen LogP) is 1.56. The van der Waals surface area contributed by atoms with Gasteiger partial charge in [-0.05, 0) is 23.2 Å². The molecule has 230 valence electrons. The lowest BCUT2D eigenvalue weighted by atomic mass is 9.80. The number of urea groups is 1. The normalized spacial score (nSPS) is 25.6. The van der Waals surface area contributed by atoms with Crippen LogP contribution in [0, 0.1) is 28.6 Å². The minimum atomic E-state index is -1.26. The second-order valence-corrected chi connectivity index (χ2v) is 15.1. The summed E-state index contributed by atoms with van der Waals surface area (Å²) in [6.45, 7) is 10.1. The molecule has 3 fully saturated rings. The average Bonchev–Trinajstić information content (AvgIpc) is 3.13. The lowest BCUT2D eigenvalue weighted by Crippen LogP contribution is -2.62. The molecule has 0 aromatic carbocycles. The number of carboxylic acids is 1. The van der Waals surface area contributed by atoms with Gasteiger partial charge < -0.3 is 31.7 Å². The number of halogens is 2. The molecular weight excluding hydrogens is 577 g/mol. The number of nitrogens with one attached hydrogen (secondary N) is 3. The quantitative estimate of drug-likeness (QED) is 0.181. The number of ketones is 1. The second-order valence-electron chi connectivity index (χ2n) is 13.6. The fraction of sp³-hybridized carbons (Fsp3) is 0.778. The zero-order valence-corrected chi connectivity index (χ0v) is 25.8. The fourth-order valence-electron chi connectivity index (χ4n) is 5.62. The van der Waals surface area contributed by atoms with E-state index in [-0.39, 0.29) is 18.9 Å².